The molecule has 0 fully saturated rings. The second-order valence-electron chi connectivity index (χ2n) is 6.64. The number of ether oxygens (including phenoxy) is 1. The third-order valence-electron chi connectivity index (χ3n) is 4.63. The lowest BCUT2D eigenvalue weighted by atomic mass is 10.1. The molecule has 3 aromatic carbocycles. The van der Waals surface area contributed by atoms with Gasteiger partial charge in [-0.05, 0) is 47.5 Å². The van der Waals surface area contributed by atoms with Crippen LogP contribution in [-0.4, -0.2) is 15.0 Å². The molecule has 0 saturated carbocycles. The van der Waals surface area contributed by atoms with E-state index in [-0.39, 0.29) is 0 Å². The Morgan fingerprint density at radius 1 is 0.759 bits per heavy atom. The third kappa shape index (κ3) is 3.80. The minimum absolute atomic E-state index is 0.483. The number of nitrogens with one attached hydrogen (secondary N) is 2. The standard InChI is InChI=1S/C24H18N4O/c1-2-5-17(6-3-1)18-7-4-8-20(13-18)28-23-15-24(27-16-26-23)29-21-9-10-22-19(14-21)11-12-25-22/h1-16,25H,(H,26,27,28). The summed E-state index contributed by atoms with van der Waals surface area (Å²) in [5.74, 6) is 1.88. The van der Waals surface area contributed by atoms with Gasteiger partial charge in [0.05, 0.1) is 0 Å². The molecule has 0 aliphatic rings. The van der Waals surface area contributed by atoms with Crippen LogP contribution in [0.1, 0.15) is 0 Å². The van der Waals surface area contributed by atoms with Crippen molar-refractivity contribution in [3.05, 3.63) is 97.5 Å². The van der Waals surface area contributed by atoms with E-state index in [0.29, 0.717) is 11.7 Å². The number of hydrogen-bond donors (Lipinski definition) is 2. The Kier molecular flexibility index (Phi) is 4.39. The number of benzene rings is 3. The number of aromatic nitrogens is 3. The maximum absolute atomic E-state index is 5.92. The summed E-state index contributed by atoms with van der Waals surface area (Å²) in [7, 11) is 0. The molecule has 0 aliphatic carbocycles. The summed E-state index contributed by atoms with van der Waals surface area (Å²) in [6.45, 7) is 0. The second-order valence-corrected chi connectivity index (χ2v) is 6.64. The van der Waals surface area contributed by atoms with E-state index in [1.807, 2.05) is 60.8 Å². The molecular formula is C24H18N4O. The molecule has 0 atom stereocenters. The monoisotopic (exact) mass is 378 g/mol. The van der Waals surface area contributed by atoms with Gasteiger partial charge in [-0.3, -0.25) is 0 Å². The summed E-state index contributed by atoms with van der Waals surface area (Å²) >= 11 is 0. The van der Waals surface area contributed by atoms with Gasteiger partial charge in [0, 0.05) is 28.9 Å². The van der Waals surface area contributed by atoms with Gasteiger partial charge in [0.2, 0.25) is 5.88 Å². The molecule has 2 heterocycles. The van der Waals surface area contributed by atoms with Gasteiger partial charge in [-0.2, -0.15) is 0 Å². The minimum Gasteiger partial charge on any atom is -0.439 e. The van der Waals surface area contributed by atoms with Gasteiger partial charge < -0.3 is 15.0 Å². The van der Waals surface area contributed by atoms with Crippen LogP contribution in [0, 0.1) is 0 Å². The molecule has 0 aliphatic heterocycles. The van der Waals surface area contributed by atoms with Gasteiger partial charge in [0.1, 0.15) is 17.9 Å². The molecule has 5 aromatic rings. The highest BCUT2D eigenvalue weighted by atomic mass is 16.5. The molecule has 0 spiro atoms. The first-order chi connectivity index (χ1) is 14.3. The van der Waals surface area contributed by atoms with Crippen molar-refractivity contribution in [3.8, 4) is 22.8 Å². The van der Waals surface area contributed by atoms with Crippen molar-refractivity contribution >= 4 is 22.4 Å². The fraction of sp³-hybridized carbons (Fsp3) is 0. The van der Waals surface area contributed by atoms with Crippen LogP contribution in [0.3, 0.4) is 0 Å². The number of H-pyrrole nitrogens is 1. The Hall–Kier alpha value is -4.12. The molecule has 140 valence electrons. The fourth-order valence-electron chi connectivity index (χ4n) is 3.23. The number of fused-ring (bicyclic) bond motifs is 1. The predicted molar refractivity (Wildman–Crippen MR) is 116 cm³/mol. The summed E-state index contributed by atoms with van der Waals surface area (Å²) in [5, 5.41) is 4.42. The lowest BCUT2D eigenvalue weighted by molar-refractivity contribution is 0.462. The van der Waals surface area contributed by atoms with Crippen LogP contribution in [-0.2, 0) is 0 Å². The Morgan fingerprint density at radius 2 is 1.66 bits per heavy atom. The van der Waals surface area contributed by atoms with Gasteiger partial charge in [0.25, 0.3) is 0 Å². The largest absolute Gasteiger partial charge is 0.439 e. The summed E-state index contributed by atoms with van der Waals surface area (Å²) in [4.78, 5) is 11.7. The normalized spacial score (nSPS) is 10.8. The summed E-state index contributed by atoms with van der Waals surface area (Å²) in [5.41, 5.74) is 4.33. The van der Waals surface area contributed by atoms with E-state index in [1.54, 1.807) is 6.07 Å². The Bertz CT molecular complexity index is 1260. The first-order valence-corrected chi connectivity index (χ1v) is 9.33. The van der Waals surface area contributed by atoms with Crippen LogP contribution in [0.15, 0.2) is 97.5 Å². The molecule has 5 nitrogen and oxygen atoms in total. The molecule has 2 N–H and O–H groups in total. The van der Waals surface area contributed by atoms with Crippen LogP contribution in [0.5, 0.6) is 11.6 Å². The van der Waals surface area contributed by atoms with E-state index in [9.17, 15) is 0 Å². The van der Waals surface area contributed by atoms with E-state index in [4.69, 9.17) is 4.74 Å². The van der Waals surface area contributed by atoms with Crippen LogP contribution < -0.4 is 10.1 Å². The zero-order chi connectivity index (χ0) is 19.5. The highest BCUT2D eigenvalue weighted by molar-refractivity contribution is 5.80. The first-order valence-electron chi connectivity index (χ1n) is 9.33. The SMILES string of the molecule is c1ccc(-c2cccc(Nc3cc(Oc4ccc5[nH]ccc5c4)ncn3)c2)cc1. The van der Waals surface area contributed by atoms with Crippen molar-refractivity contribution in [2.24, 2.45) is 0 Å². The fourth-order valence-corrected chi connectivity index (χ4v) is 3.23. The number of nitrogens with zero attached hydrogens (tertiary/aromatic N) is 2. The van der Waals surface area contributed by atoms with Gasteiger partial charge in [-0.1, -0.05) is 42.5 Å². The average Bonchev–Trinajstić information content (AvgIpc) is 3.23. The molecule has 0 bridgehead atoms. The maximum Gasteiger partial charge on any atom is 0.224 e. The van der Waals surface area contributed by atoms with Crippen molar-refractivity contribution in [1.29, 1.82) is 0 Å². The van der Waals surface area contributed by atoms with Gasteiger partial charge in [-0.15, -0.1) is 0 Å². The van der Waals surface area contributed by atoms with E-state index in [1.165, 1.54) is 11.9 Å². The van der Waals surface area contributed by atoms with Crippen LogP contribution in [0.25, 0.3) is 22.0 Å². The zero-order valence-electron chi connectivity index (χ0n) is 15.5. The van der Waals surface area contributed by atoms with Crippen molar-refractivity contribution in [1.82, 2.24) is 15.0 Å². The van der Waals surface area contributed by atoms with Gasteiger partial charge in [-0.25, -0.2) is 9.97 Å². The summed E-state index contributed by atoms with van der Waals surface area (Å²) < 4.78 is 5.92. The molecule has 29 heavy (non-hydrogen) atoms. The van der Waals surface area contributed by atoms with Crippen LogP contribution >= 0.6 is 0 Å². The smallest absolute Gasteiger partial charge is 0.224 e. The van der Waals surface area contributed by atoms with E-state index >= 15 is 0 Å². The molecule has 2 aromatic heterocycles. The molecular weight excluding hydrogens is 360 g/mol. The number of aromatic amines is 1. The van der Waals surface area contributed by atoms with Gasteiger partial charge >= 0.3 is 0 Å². The van der Waals surface area contributed by atoms with Crippen LogP contribution in [0.4, 0.5) is 11.5 Å². The minimum atomic E-state index is 0.483. The van der Waals surface area contributed by atoms with Crippen LogP contribution in [0.2, 0.25) is 0 Å². The second kappa shape index (κ2) is 7.48. The van der Waals surface area contributed by atoms with E-state index in [0.717, 1.165) is 27.9 Å². The van der Waals surface area contributed by atoms with Crippen molar-refractivity contribution < 1.29 is 4.74 Å². The molecule has 0 unspecified atom stereocenters. The first kappa shape index (κ1) is 17.0. The zero-order valence-corrected chi connectivity index (χ0v) is 15.5. The highest BCUT2D eigenvalue weighted by Crippen LogP contribution is 2.27. The summed E-state index contributed by atoms with van der Waals surface area (Å²) in [6.07, 6.45) is 3.40. The quantitative estimate of drug-likeness (QED) is 0.384. The number of hydrogen-bond acceptors (Lipinski definition) is 4. The average molecular weight is 378 g/mol. The maximum atomic E-state index is 5.92. The number of anilines is 2. The number of rotatable bonds is 5. The molecule has 0 saturated heterocycles. The van der Waals surface area contributed by atoms with Crippen molar-refractivity contribution in [3.63, 3.8) is 0 Å². The van der Waals surface area contributed by atoms with E-state index in [2.05, 4.69) is 44.5 Å². The van der Waals surface area contributed by atoms with E-state index < -0.39 is 0 Å². The Labute approximate surface area is 168 Å². The molecule has 5 heteroatoms. The predicted octanol–water partition coefficient (Wildman–Crippen LogP) is 6.16. The lowest BCUT2D eigenvalue weighted by Gasteiger charge is -2.10. The lowest BCUT2D eigenvalue weighted by Crippen LogP contribution is -1.96. The van der Waals surface area contributed by atoms with Crippen molar-refractivity contribution in [2.75, 3.05) is 5.32 Å². The topological polar surface area (TPSA) is 62.8 Å². The molecule has 0 radical (unpaired) electrons. The van der Waals surface area contributed by atoms with Crippen molar-refractivity contribution in [2.45, 2.75) is 0 Å². The van der Waals surface area contributed by atoms with Gasteiger partial charge in [0.15, 0.2) is 0 Å². The summed E-state index contributed by atoms with van der Waals surface area (Å²) in [6, 6.07) is 28.2. The Morgan fingerprint density at radius 3 is 2.59 bits per heavy atom. The molecule has 0 amide bonds. The third-order valence-corrected chi connectivity index (χ3v) is 4.63. The Balaban J connectivity index is 1.36. The highest BCUT2D eigenvalue weighted by Gasteiger charge is 2.05. The molecule has 5 rings (SSSR count).